The van der Waals surface area contributed by atoms with Gasteiger partial charge in [0.05, 0.1) is 0 Å². The van der Waals surface area contributed by atoms with Gasteiger partial charge in [0.25, 0.3) is 0 Å². The Bertz CT molecular complexity index is 415. The fraction of sp³-hybridized carbons (Fsp3) is 0.600. The van der Waals surface area contributed by atoms with Gasteiger partial charge in [0, 0.05) is 0 Å². The lowest BCUT2D eigenvalue weighted by molar-refractivity contribution is 0.498. The fourth-order valence-electron chi connectivity index (χ4n) is 2.93. The van der Waals surface area contributed by atoms with E-state index < -0.39 is 0 Å². The molecule has 0 heteroatoms. The maximum absolute atomic E-state index is 3.48. The van der Waals surface area contributed by atoms with E-state index in [9.17, 15) is 0 Å². The molecule has 0 nitrogen and oxygen atoms in total. The lowest BCUT2D eigenvalue weighted by Gasteiger charge is -2.11. The van der Waals surface area contributed by atoms with Gasteiger partial charge in [-0.1, -0.05) is 103 Å². The Balaban J connectivity index is 0. The minimum Gasteiger partial charge on any atom is -0.103 e. The highest BCUT2D eigenvalue weighted by molar-refractivity contribution is 5.14. The van der Waals surface area contributed by atoms with E-state index >= 15 is 0 Å². The van der Waals surface area contributed by atoms with E-state index in [2.05, 4.69) is 69.8 Å². The van der Waals surface area contributed by atoms with Crippen LogP contribution in [0.5, 0.6) is 0 Å². The average molecular weight is 345 g/mol. The molecule has 1 aliphatic rings. The third-order valence-electron chi connectivity index (χ3n) is 4.63. The summed E-state index contributed by atoms with van der Waals surface area (Å²) in [6.45, 7) is 14.3. The minimum absolute atomic E-state index is 0. The minimum atomic E-state index is 0. The smallest absolute Gasteiger partial charge is 0.0208 e. The number of allylic oxidation sites excluding steroid dienone is 3. The Kier molecular flexibility index (Phi) is 18.2. The van der Waals surface area contributed by atoms with Crippen molar-refractivity contribution in [2.45, 2.75) is 80.6 Å². The Hall–Kier alpha value is -1.30. The van der Waals surface area contributed by atoms with Gasteiger partial charge in [0.2, 0.25) is 0 Å². The van der Waals surface area contributed by atoms with Crippen LogP contribution >= 0.6 is 0 Å². The molecule has 1 aliphatic carbocycles. The molecule has 0 amide bonds. The van der Waals surface area contributed by atoms with E-state index in [-0.39, 0.29) is 7.43 Å². The van der Waals surface area contributed by atoms with Crippen molar-refractivity contribution in [3.63, 3.8) is 0 Å². The first-order chi connectivity index (χ1) is 11.7. The molecule has 0 heterocycles. The Morgan fingerprint density at radius 3 is 2.24 bits per heavy atom. The summed E-state index contributed by atoms with van der Waals surface area (Å²) in [4.78, 5) is 0. The van der Waals surface area contributed by atoms with Crippen LogP contribution in [0.1, 0.15) is 79.7 Å². The fourth-order valence-corrected chi connectivity index (χ4v) is 2.93. The number of rotatable bonds is 6. The highest BCUT2D eigenvalue weighted by Crippen LogP contribution is 2.32. The summed E-state index contributed by atoms with van der Waals surface area (Å²) in [7, 11) is 0. The van der Waals surface area contributed by atoms with Gasteiger partial charge in [-0.05, 0) is 49.0 Å². The van der Waals surface area contributed by atoms with Crippen molar-refractivity contribution in [2.24, 2.45) is 17.8 Å². The lowest BCUT2D eigenvalue weighted by atomic mass is 9.94. The molecule has 2 rings (SSSR count). The van der Waals surface area contributed by atoms with Crippen LogP contribution < -0.4 is 0 Å². The summed E-state index contributed by atoms with van der Waals surface area (Å²) in [5, 5.41) is 0. The zero-order valence-corrected chi connectivity index (χ0v) is 16.8. The van der Waals surface area contributed by atoms with Gasteiger partial charge in [0.1, 0.15) is 0 Å². The van der Waals surface area contributed by atoms with Gasteiger partial charge in [-0.25, -0.2) is 0 Å². The normalized spacial score (nSPS) is 19.7. The first-order valence-electron chi connectivity index (χ1n) is 10.0. The van der Waals surface area contributed by atoms with Crippen LogP contribution in [0.2, 0.25) is 0 Å². The highest BCUT2D eigenvalue weighted by Gasteiger charge is 2.20. The van der Waals surface area contributed by atoms with E-state index in [0.717, 1.165) is 18.3 Å². The van der Waals surface area contributed by atoms with Gasteiger partial charge >= 0.3 is 0 Å². The molecule has 0 aromatic heterocycles. The average Bonchev–Trinajstić information content (AvgIpc) is 3.06. The van der Waals surface area contributed by atoms with Crippen molar-refractivity contribution in [3.05, 3.63) is 60.7 Å². The first kappa shape index (κ1) is 25.9. The van der Waals surface area contributed by atoms with E-state index in [4.69, 9.17) is 0 Å². The maximum atomic E-state index is 3.48. The summed E-state index contributed by atoms with van der Waals surface area (Å²) in [5.41, 5.74) is 1.46. The second kappa shape index (κ2) is 17.5. The van der Waals surface area contributed by atoms with Crippen molar-refractivity contribution < 1.29 is 0 Å². The van der Waals surface area contributed by atoms with Gasteiger partial charge in [-0.3, -0.25) is 0 Å². The number of hydrogen-bond acceptors (Lipinski definition) is 0. The van der Waals surface area contributed by atoms with Crippen molar-refractivity contribution in [2.75, 3.05) is 0 Å². The molecule has 0 spiro atoms. The Labute approximate surface area is 159 Å². The summed E-state index contributed by atoms with van der Waals surface area (Å²) in [5.74, 6) is 2.46. The zero-order chi connectivity index (χ0) is 18.2. The van der Waals surface area contributed by atoms with Crippen LogP contribution in [0.15, 0.2) is 55.1 Å². The van der Waals surface area contributed by atoms with Gasteiger partial charge < -0.3 is 0 Å². The molecule has 1 aromatic rings. The van der Waals surface area contributed by atoms with Crippen LogP contribution in [0.4, 0.5) is 0 Å². The Morgan fingerprint density at radius 2 is 1.76 bits per heavy atom. The van der Waals surface area contributed by atoms with E-state index in [1.165, 1.54) is 37.7 Å². The zero-order valence-electron chi connectivity index (χ0n) is 16.8. The topological polar surface area (TPSA) is 0 Å². The molecule has 0 aliphatic heterocycles. The molecule has 0 N–H and O–H groups in total. The van der Waals surface area contributed by atoms with Gasteiger partial charge in [0.15, 0.2) is 0 Å². The summed E-state index contributed by atoms with van der Waals surface area (Å²) in [6.07, 6.45) is 14.6. The molecule has 0 radical (unpaired) electrons. The van der Waals surface area contributed by atoms with Crippen molar-refractivity contribution in [1.29, 1.82) is 0 Å². The lowest BCUT2D eigenvalue weighted by Crippen LogP contribution is -2.01. The van der Waals surface area contributed by atoms with Crippen molar-refractivity contribution in [1.82, 2.24) is 0 Å². The SMILES string of the molecule is C.C=CCC.CC.C[C@@H]1CCC[C@H]1/C=C/[C@H](C)CCc1ccccc1. The monoisotopic (exact) mass is 344 g/mol. The van der Waals surface area contributed by atoms with Crippen LogP contribution in [-0.4, -0.2) is 0 Å². The third kappa shape index (κ3) is 12.7. The number of hydrogen-bond donors (Lipinski definition) is 0. The molecule has 1 fully saturated rings. The molecular weight excluding hydrogens is 300 g/mol. The molecule has 0 unspecified atom stereocenters. The van der Waals surface area contributed by atoms with Crippen LogP contribution in [0, 0.1) is 17.8 Å². The van der Waals surface area contributed by atoms with E-state index in [0.29, 0.717) is 5.92 Å². The first-order valence-corrected chi connectivity index (χ1v) is 10.0. The molecule has 1 aromatic carbocycles. The quantitative estimate of drug-likeness (QED) is 0.454. The number of benzene rings is 1. The Morgan fingerprint density at radius 1 is 1.16 bits per heavy atom. The third-order valence-corrected chi connectivity index (χ3v) is 4.63. The second-order valence-corrected chi connectivity index (χ2v) is 6.66. The van der Waals surface area contributed by atoms with Gasteiger partial charge in [-0.15, -0.1) is 6.58 Å². The van der Waals surface area contributed by atoms with E-state index in [1.54, 1.807) is 0 Å². The maximum Gasteiger partial charge on any atom is -0.0208 e. The van der Waals surface area contributed by atoms with E-state index in [1.807, 2.05) is 19.9 Å². The van der Waals surface area contributed by atoms with Crippen LogP contribution in [-0.2, 0) is 6.42 Å². The standard InChI is InChI=1S/C18H26.C4H8.C2H6.CH4/c1-15(11-13-17-8-4-3-5-9-17)12-14-18-10-6-7-16(18)2;1-3-4-2;1-2;/h3-5,8-9,12,14-16,18H,6-7,10-11,13H2,1-2H3;3H,1,4H2,2H3;1-2H3;1H4/b14-12+;;;/t15-,16-,18+;;;/m1.../s1. The van der Waals surface area contributed by atoms with Crippen LogP contribution in [0.3, 0.4) is 0 Å². The summed E-state index contributed by atoms with van der Waals surface area (Å²) in [6, 6.07) is 10.8. The van der Waals surface area contributed by atoms with Gasteiger partial charge in [-0.2, -0.15) is 0 Å². The summed E-state index contributed by atoms with van der Waals surface area (Å²) < 4.78 is 0. The molecule has 0 saturated heterocycles. The molecule has 0 bridgehead atoms. The summed E-state index contributed by atoms with van der Waals surface area (Å²) >= 11 is 0. The second-order valence-electron chi connectivity index (χ2n) is 6.66. The predicted molar refractivity (Wildman–Crippen MR) is 118 cm³/mol. The molecule has 3 atom stereocenters. The molecular formula is C25H44. The molecule has 25 heavy (non-hydrogen) atoms. The number of aryl methyl sites for hydroxylation is 1. The largest absolute Gasteiger partial charge is 0.103 e. The molecule has 144 valence electrons. The van der Waals surface area contributed by atoms with Crippen molar-refractivity contribution in [3.8, 4) is 0 Å². The van der Waals surface area contributed by atoms with Crippen molar-refractivity contribution >= 4 is 0 Å². The van der Waals surface area contributed by atoms with Crippen LogP contribution in [0.25, 0.3) is 0 Å². The highest BCUT2D eigenvalue weighted by atomic mass is 14.3. The predicted octanol–water partition coefficient (Wildman–Crippen LogP) is 8.49. The molecule has 1 saturated carbocycles.